The maximum absolute atomic E-state index is 12.2. The van der Waals surface area contributed by atoms with Crippen LogP contribution in [0.2, 0.25) is 0 Å². The van der Waals surface area contributed by atoms with Crippen molar-refractivity contribution in [3.8, 4) is 11.1 Å². The fraction of sp³-hybridized carbons (Fsp3) is 0.318. The number of ether oxygens (including phenoxy) is 2. The molecular weight excluding hydrogens is 372 g/mol. The number of nitrogens with one attached hydrogen (secondary N) is 2. The summed E-state index contributed by atoms with van der Waals surface area (Å²) in [6.07, 6.45) is -0.694. The number of carbonyl (C=O) groups excluding carboxylic acids is 3. The second-order valence-corrected chi connectivity index (χ2v) is 6.95. The highest BCUT2D eigenvalue weighted by atomic mass is 16.5. The van der Waals surface area contributed by atoms with Gasteiger partial charge in [-0.2, -0.15) is 0 Å². The third-order valence-corrected chi connectivity index (χ3v) is 4.98. The molecular formula is C22H24N2O5. The summed E-state index contributed by atoms with van der Waals surface area (Å²) >= 11 is 0. The van der Waals surface area contributed by atoms with E-state index < -0.39 is 30.1 Å². The second kappa shape index (κ2) is 8.77. The van der Waals surface area contributed by atoms with Gasteiger partial charge in [-0.25, -0.2) is 9.59 Å². The van der Waals surface area contributed by atoms with Crippen LogP contribution < -0.4 is 10.6 Å². The van der Waals surface area contributed by atoms with Crippen molar-refractivity contribution in [1.29, 1.82) is 0 Å². The van der Waals surface area contributed by atoms with E-state index in [4.69, 9.17) is 4.74 Å². The molecule has 7 heteroatoms. The highest BCUT2D eigenvalue weighted by Crippen LogP contribution is 2.44. The van der Waals surface area contributed by atoms with Gasteiger partial charge in [0, 0.05) is 5.92 Å². The predicted molar refractivity (Wildman–Crippen MR) is 107 cm³/mol. The summed E-state index contributed by atoms with van der Waals surface area (Å²) in [5.41, 5.74) is 4.50. The topological polar surface area (TPSA) is 93.7 Å². The first-order valence-electron chi connectivity index (χ1n) is 9.42. The Hall–Kier alpha value is -3.35. The van der Waals surface area contributed by atoms with Crippen LogP contribution in [0.25, 0.3) is 11.1 Å². The van der Waals surface area contributed by atoms with Crippen LogP contribution in [0.3, 0.4) is 0 Å². The first-order chi connectivity index (χ1) is 13.9. The number of rotatable bonds is 6. The zero-order valence-corrected chi connectivity index (χ0v) is 16.6. The quantitative estimate of drug-likeness (QED) is 0.732. The molecule has 0 heterocycles. The van der Waals surface area contributed by atoms with Crippen molar-refractivity contribution in [1.82, 2.24) is 10.6 Å². The lowest BCUT2D eigenvalue weighted by molar-refractivity contribution is -0.144. The van der Waals surface area contributed by atoms with Crippen LogP contribution >= 0.6 is 0 Å². The van der Waals surface area contributed by atoms with E-state index in [0.29, 0.717) is 0 Å². The normalized spacial score (nSPS) is 14.2. The third kappa shape index (κ3) is 4.39. The molecule has 2 atom stereocenters. The van der Waals surface area contributed by atoms with Crippen molar-refractivity contribution in [2.45, 2.75) is 31.8 Å². The molecule has 0 aliphatic heterocycles. The van der Waals surface area contributed by atoms with Crippen molar-refractivity contribution in [2.24, 2.45) is 0 Å². The largest absolute Gasteiger partial charge is 0.467 e. The lowest BCUT2D eigenvalue weighted by Crippen LogP contribution is -2.49. The number of carbonyl (C=O) groups is 3. The Bertz CT molecular complexity index is 881. The highest BCUT2D eigenvalue weighted by molar-refractivity contribution is 5.89. The average Bonchev–Trinajstić information content (AvgIpc) is 3.05. The van der Waals surface area contributed by atoms with Crippen LogP contribution in [0, 0.1) is 0 Å². The Morgan fingerprint density at radius 2 is 1.45 bits per heavy atom. The molecule has 0 saturated carbocycles. The summed E-state index contributed by atoms with van der Waals surface area (Å²) in [5, 5.41) is 4.96. The monoisotopic (exact) mass is 396 g/mol. The first kappa shape index (κ1) is 20.4. The maximum atomic E-state index is 12.2. The van der Waals surface area contributed by atoms with Gasteiger partial charge in [0.25, 0.3) is 0 Å². The SMILES string of the molecule is COC(=O)C(C)NC(=O)C(C)NC(=O)OCC1c2ccccc2-c2ccccc21. The van der Waals surface area contributed by atoms with Crippen molar-refractivity contribution >= 4 is 18.0 Å². The highest BCUT2D eigenvalue weighted by Gasteiger charge is 2.29. The van der Waals surface area contributed by atoms with Crippen molar-refractivity contribution in [2.75, 3.05) is 13.7 Å². The van der Waals surface area contributed by atoms with Crippen molar-refractivity contribution < 1.29 is 23.9 Å². The van der Waals surface area contributed by atoms with Crippen LogP contribution in [0.15, 0.2) is 48.5 Å². The van der Waals surface area contributed by atoms with Crippen molar-refractivity contribution in [3.05, 3.63) is 59.7 Å². The number of fused-ring (bicyclic) bond motifs is 3. The molecule has 0 radical (unpaired) electrons. The van der Waals surface area contributed by atoms with Gasteiger partial charge in [-0.15, -0.1) is 0 Å². The van der Waals surface area contributed by atoms with E-state index in [2.05, 4.69) is 27.5 Å². The van der Waals surface area contributed by atoms with Gasteiger partial charge in [0.05, 0.1) is 7.11 Å². The van der Waals surface area contributed by atoms with Gasteiger partial charge in [-0.1, -0.05) is 48.5 Å². The lowest BCUT2D eigenvalue weighted by Gasteiger charge is -2.18. The predicted octanol–water partition coefficient (Wildman–Crippen LogP) is 2.59. The van der Waals surface area contributed by atoms with E-state index in [-0.39, 0.29) is 12.5 Å². The minimum atomic E-state index is -0.863. The average molecular weight is 396 g/mol. The minimum absolute atomic E-state index is 0.0587. The van der Waals surface area contributed by atoms with Crippen LogP contribution in [-0.4, -0.2) is 43.8 Å². The molecule has 1 aliphatic carbocycles. The van der Waals surface area contributed by atoms with Gasteiger partial charge in [-0.3, -0.25) is 4.79 Å². The summed E-state index contributed by atoms with van der Waals surface area (Å²) in [4.78, 5) is 35.7. The van der Waals surface area contributed by atoms with E-state index in [9.17, 15) is 14.4 Å². The summed E-state index contributed by atoms with van der Waals surface area (Å²) in [6.45, 7) is 3.18. The number of methoxy groups -OCH3 is 1. The summed E-state index contributed by atoms with van der Waals surface area (Å²) < 4.78 is 9.97. The Morgan fingerprint density at radius 1 is 0.897 bits per heavy atom. The van der Waals surface area contributed by atoms with Gasteiger partial charge >= 0.3 is 12.1 Å². The van der Waals surface area contributed by atoms with Gasteiger partial charge in [-0.05, 0) is 36.1 Å². The molecule has 2 aromatic carbocycles. The smallest absolute Gasteiger partial charge is 0.407 e. The molecule has 2 amide bonds. The molecule has 1 aliphatic rings. The van der Waals surface area contributed by atoms with Gasteiger partial charge in [0.1, 0.15) is 18.7 Å². The molecule has 0 spiro atoms. The molecule has 3 rings (SSSR count). The zero-order chi connectivity index (χ0) is 21.0. The molecule has 2 unspecified atom stereocenters. The number of amides is 2. The van der Waals surface area contributed by atoms with Crippen LogP contribution in [-0.2, 0) is 19.1 Å². The molecule has 152 valence electrons. The Balaban J connectivity index is 1.58. The van der Waals surface area contributed by atoms with Gasteiger partial charge in [0.15, 0.2) is 0 Å². The Morgan fingerprint density at radius 3 is 2.00 bits per heavy atom. The third-order valence-electron chi connectivity index (χ3n) is 4.98. The standard InChI is InChI=1S/C22H24N2O5/c1-13(20(25)23-14(2)21(26)28-3)24-22(27)29-12-19-17-10-6-4-8-15(17)16-9-5-7-11-18(16)19/h4-11,13-14,19H,12H2,1-3H3,(H,23,25)(H,24,27). The van der Waals surface area contributed by atoms with Crippen LogP contribution in [0.1, 0.15) is 30.9 Å². The minimum Gasteiger partial charge on any atom is -0.467 e. The number of alkyl carbamates (subject to hydrolysis) is 1. The molecule has 29 heavy (non-hydrogen) atoms. The summed E-state index contributed by atoms with van der Waals surface area (Å²) in [5.74, 6) is -1.13. The first-order valence-corrected chi connectivity index (χ1v) is 9.42. The van der Waals surface area contributed by atoms with E-state index in [1.807, 2.05) is 36.4 Å². The lowest BCUT2D eigenvalue weighted by atomic mass is 9.98. The second-order valence-electron chi connectivity index (χ2n) is 6.95. The molecule has 7 nitrogen and oxygen atoms in total. The van der Waals surface area contributed by atoms with Gasteiger partial charge in [0.2, 0.25) is 5.91 Å². The maximum Gasteiger partial charge on any atom is 0.407 e. The van der Waals surface area contributed by atoms with E-state index in [0.717, 1.165) is 22.3 Å². The molecule has 2 aromatic rings. The van der Waals surface area contributed by atoms with E-state index >= 15 is 0 Å². The number of benzene rings is 2. The van der Waals surface area contributed by atoms with Gasteiger partial charge < -0.3 is 20.1 Å². The number of esters is 1. The fourth-order valence-corrected chi connectivity index (χ4v) is 3.46. The van der Waals surface area contributed by atoms with E-state index in [1.54, 1.807) is 0 Å². The Labute approximate surface area is 169 Å². The molecule has 2 N–H and O–H groups in total. The van der Waals surface area contributed by atoms with Crippen molar-refractivity contribution in [3.63, 3.8) is 0 Å². The molecule has 0 saturated heterocycles. The fourth-order valence-electron chi connectivity index (χ4n) is 3.46. The number of hydrogen-bond acceptors (Lipinski definition) is 5. The zero-order valence-electron chi connectivity index (χ0n) is 16.6. The van der Waals surface area contributed by atoms with Crippen LogP contribution in [0.4, 0.5) is 4.79 Å². The van der Waals surface area contributed by atoms with Crippen LogP contribution in [0.5, 0.6) is 0 Å². The summed E-state index contributed by atoms with van der Waals surface area (Å²) in [7, 11) is 1.24. The Kier molecular flexibility index (Phi) is 6.16. The molecule has 0 fully saturated rings. The molecule has 0 bridgehead atoms. The van der Waals surface area contributed by atoms with E-state index in [1.165, 1.54) is 21.0 Å². The number of hydrogen-bond donors (Lipinski definition) is 2. The molecule has 0 aromatic heterocycles. The summed E-state index contributed by atoms with van der Waals surface area (Å²) in [6, 6.07) is 14.4.